The van der Waals surface area contributed by atoms with Crippen LogP contribution >= 0.6 is 0 Å². The van der Waals surface area contributed by atoms with Crippen molar-refractivity contribution in [2.24, 2.45) is 11.8 Å². The molecule has 1 aliphatic rings. The molecule has 0 radical (unpaired) electrons. The van der Waals surface area contributed by atoms with E-state index in [-0.39, 0.29) is 30.2 Å². The van der Waals surface area contributed by atoms with Crippen LogP contribution in [-0.4, -0.2) is 24.1 Å². The van der Waals surface area contributed by atoms with Crippen LogP contribution < -0.4 is 10.1 Å². The zero-order chi connectivity index (χ0) is 16.3. The van der Waals surface area contributed by atoms with Gasteiger partial charge in [0.15, 0.2) is 11.6 Å². The van der Waals surface area contributed by atoms with Crippen molar-refractivity contribution in [2.45, 2.75) is 25.8 Å². The molecular weight excluding hydrogens is 296 g/mol. The van der Waals surface area contributed by atoms with Crippen molar-refractivity contribution < 1.29 is 28.2 Å². The summed E-state index contributed by atoms with van der Waals surface area (Å²) in [5, 5.41) is 11.4. The van der Waals surface area contributed by atoms with Crippen molar-refractivity contribution >= 4 is 11.9 Å². The van der Waals surface area contributed by atoms with Gasteiger partial charge in [-0.3, -0.25) is 9.59 Å². The third-order valence-electron chi connectivity index (χ3n) is 3.95. The number of carbonyl (C=O) groups excluding carboxylic acids is 1. The van der Waals surface area contributed by atoms with E-state index < -0.39 is 29.4 Å². The van der Waals surface area contributed by atoms with E-state index in [1.54, 1.807) is 0 Å². The lowest BCUT2D eigenvalue weighted by Crippen LogP contribution is -2.29. The zero-order valence-electron chi connectivity index (χ0n) is 12.1. The minimum Gasteiger partial charge on any atom is -0.494 e. The van der Waals surface area contributed by atoms with E-state index in [9.17, 15) is 18.4 Å². The summed E-state index contributed by atoms with van der Waals surface area (Å²) in [6.45, 7) is -0.153. The summed E-state index contributed by atoms with van der Waals surface area (Å²) in [6.07, 6.45) is 1.22. The van der Waals surface area contributed by atoms with Crippen molar-refractivity contribution in [3.63, 3.8) is 0 Å². The Hall–Kier alpha value is -2.18. The smallest absolute Gasteiger partial charge is 0.306 e. The Morgan fingerprint density at radius 1 is 1.27 bits per heavy atom. The maximum atomic E-state index is 13.8. The van der Waals surface area contributed by atoms with Crippen LogP contribution in [0.25, 0.3) is 0 Å². The predicted molar refractivity (Wildman–Crippen MR) is 73.2 cm³/mol. The van der Waals surface area contributed by atoms with Gasteiger partial charge in [0.2, 0.25) is 11.7 Å². The van der Waals surface area contributed by atoms with Gasteiger partial charge in [-0.1, -0.05) is 6.07 Å². The molecule has 0 aromatic heterocycles. The number of halogens is 2. The minimum atomic E-state index is -1.10. The lowest BCUT2D eigenvalue weighted by atomic mass is 10.0. The molecule has 0 bridgehead atoms. The standard InChI is InChI=1S/C15H17F2NO4/c1-22-11-5-4-10(12(16)13(11)17)7-18-14(19)8-2-3-9(6-8)15(20)21/h4-5,8-9H,2-3,6-7H2,1H3,(H,18,19)(H,20,21)/t8-,9+/m0/s1. The van der Waals surface area contributed by atoms with Crippen LogP contribution in [0.1, 0.15) is 24.8 Å². The van der Waals surface area contributed by atoms with Crippen LogP contribution in [0, 0.1) is 23.5 Å². The number of benzene rings is 1. The van der Waals surface area contributed by atoms with E-state index in [4.69, 9.17) is 5.11 Å². The van der Waals surface area contributed by atoms with Gasteiger partial charge in [0.25, 0.3) is 0 Å². The summed E-state index contributed by atoms with van der Waals surface area (Å²) in [5.74, 6) is -4.50. The molecule has 7 heteroatoms. The second-order valence-corrected chi connectivity index (χ2v) is 5.32. The molecule has 2 atom stereocenters. The van der Waals surface area contributed by atoms with Gasteiger partial charge >= 0.3 is 5.97 Å². The summed E-state index contributed by atoms with van der Waals surface area (Å²) < 4.78 is 32.0. The molecule has 0 saturated heterocycles. The number of nitrogens with one attached hydrogen (secondary N) is 1. The first-order chi connectivity index (χ1) is 10.4. The molecule has 22 heavy (non-hydrogen) atoms. The highest BCUT2D eigenvalue weighted by atomic mass is 19.2. The van der Waals surface area contributed by atoms with Crippen LogP contribution in [0.3, 0.4) is 0 Å². The summed E-state index contributed by atoms with van der Waals surface area (Å²) in [6, 6.07) is 2.63. The first-order valence-corrected chi connectivity index (χ1v) is 6.95. The fraction of sp³-hybridized carbons (Fsp3) is 0.467. The molecule has 0 aliphatic heterocycles. The largest absolute Gasteiger partial charge is 0.494 e. The highest BCUT2D eigenvalue weighted by Gasteiger charge is 2.33. The molecule has 0 heterocycles. The number of hydrogen-bond acceptors (Lipinski definition) is 3. The number of aliphatic carboxylic acids is 1. The lowest BCUT2D eigenvalue weighted by Gasteiger charge is -2.12. The van der Waals surface area contributed by atoms with E-state index in [1.807, 2.05) is 0 Å². The highest BCUT2D eigenvalue weighted by Crippen LogP contribution is 2.31. The highest BCUT2D eigenvalue weighted by molar-refractivity contribution is 5.80. The first-order valence-electron chi connectivity index (χ1n) is 6.95. The van der Waals surface area contributed by atoms with Gasteiger partial charge in [0.1, 0.15) is 0 Å². The van der Waals surface area contributed by atoms with E-state index >= 15 is 0 Å². The summed E-state index contributed by atoms with van der Waals surface area (Å²) in [4.78, 5) is 22.8. The molecule has 120 valence electrons. The molecule has 5 nitrogen and oxygen atoms in total. The third kappa shape index (κ3) is 3.35. The lowest BCUT2D eigenvalue weighted by molar-refractivity contribution is -0.141. The van der Waals surface area contributed by atoms with E-state index in [1.165, 1.54) is 19.2 Å². The second-order valence-electron chi connectivity index (χ2n) is 5.32. The molecule has 1 fully saturated rings. The third-order valence-corrected chi connectivity index (χ3v) is 3.95. The Balaban J connectivity index is 1.95. The average Bonchev–Trinajstić information content (AvgIpc) is 2.99. The molecule has 1 saturated carbocycles. The SMILES string of the molecule is COc1ccc(CNC(=O)[C@H]2CC[C@@H](C(=O)O)C2)c(F)c1F. The summed E-state index contributed by atoms with van der Waals surface area (Å²) in [7, 11) is 1.23. The fourth-order valence-corrected chi connectivity index (χ4v) is 2.64. The Bertz CT molecular complexity index is 591. The molecule has 0 spiro atoms. The first kappa shape index (κ1) is 16.2. The number of carboxylic acids is 1. The van der Waals surface area contributed by atoms with E-state index in [0.29, 0.717) is 12.8 Å². The van der Waals surface area contributed by atoms with Crippen LogP contribution in [0.5, 0.6) is 5.75 Å². The molecule has 1 aliphatic carbocycles. The van der Waals surface area contributed by atoms with Crippen LogP contribution in [-0.2, 0) is 16.1 Å². The normalized spacial score (nSPS) is 20.7. The summed E-state index contributed by atoms with van der Waals surface area (Å²) >= 11 is 0. The molecular formula is C15H17F2NO4. The van der Waals surface area contributed by atoms with Gasteiger partial charge in [0.05, 0.1) is 13.0 Å². The van der Waals surface area contributed by atoms with Crippen LogP contribution in [0.2, 0.25) is 0 Å². The maximum absolute atomic E-state index is 13.8. The van der Waals surface area contributed by atoms with Gasteiger partial charge in [-0.2, -0.15) is 4.39 Å². The zero-order valence-corrected chi connectivity index (χ0v) is 12.1. The Kier molecular flexibility index (Phi) is 4.95. The van der Waals surface area contributed by atoms with Crippen molar-refractivity contribution in [2.75, 3.05) is 7.11 Å². The predicted octanol–water partition coefficient (Wildman–Crippen LogP) is 2.09. The van der Waals surface area contributed by atoms with Crippen molar-refractivity contribution in [1.82, 2.24) is 5.32 Å². The Labute approximate surface area is 126 Å². The van der Waals surface area contributed by atoms with Crippen LogP contribution in [0.4, 0.5) is 8.78 Å². The van der Waals surface area contributed by atoms with Crippen LogP contribution in [0.15, 0.2) is 12.1 Å². The van der Waals surface area contributed by atoms with Gasteiger partial charge in [0, 0.05) is 18.0 Å². The molecule has 1 amide bonds. The monoisotopic (exact) mass is 313 g/mol. The molecule has 0 unspecified atom stereocenters. The molecule has 2 N–H and O–H groups in total. The minimum absolute atomic E-state index is 0.0134. The van der Waals surface area contributed by atoms with Crippen molar-refractivity contribution in [1.29, 1.82) is 0 Å². The maximum Gasteiger partial charge on any atom is 0.306 e. The Morgan fingerprint density at radius 3 is 2.55 bits per heavy atom. The van der Waals surface area contributed by atoms with Crippen molar-refractivity contribution in [3.8, 4) is 5.75 Å². The molecule has 1 aromatic rings. The summed E-state index contributed by atoms with van der Waals surface area (Å²) in [5.41, 5.74) is 0.0134. The average molecular weight is 313 g/mol. The van der Waals surface area contributed by atoms with Gasteiger partial charge in [-0.25, -0.2) is 4.39 Å². The van der Waals surface area contributed by atoms with E-state index in [0.717, 1.165) is 0 Å². The number of carboxylic acid groups (broad SMARTS) is 1. The van der Waals surface area contributed by atoms with Gasteiger partial charge in [-0.15, -0.1) is 0 Å². The number of methoxy groups -OCH3 is 1. The van der Waals surface area contributed by atoms with E-state index in [2.05, 4.69) is 10.1 Å². The Morgan fingerprint density at radius 2 is 1.95 bits per heavy atom. The topological polar surface area (TPSA) is 75.6 Å². The van der Waals surface area contributed by atoms with Crippen molar-refractivity contribution in [3.05, 3.63) is 29.3 Å². The fourth-order valence-electron chi connectivity index (χ4n) is 2.64. The number of rotatable bonds is 5. The molecule has 2 rings (SSSR count). The number of carbonyl (C=O) groups is 2. The quantitative estimate of drug-likeness (QED) is 0.873. The number of ether oxygens (including phenoxy) is 1. The van der Waals surface area contributed by atoms with Gasteiger partial charge in [-0.05, 0) is 25.3 Å². The number of hydrogen-bond donors (Lipinski definition) is 2. The van der Waals surface area contributed by atoms with Gasteiger partial charge < -0.3 is 15.2 Å². The second kappa shape index (κ2) is 6.72. The number of amides is 1. The molecule has 1 aromatic carbocycles.